The minimum Gasteiger partial charge on any atom is -0.468 e. The van der Waals surface area contributed by atoms with Gasteiger partial charge in [-0.2, -0.15) is 0 Å². The molecule has 3 nitrogen and oxygen atoms in total. The quantitative estimate of drug-likeness (QED) is 0.446. The number of pyridine rings is 1. The van der Waals surface area contributed by atoms with E-state index >= 15 is 0 Å². The molecule has 0 fully saturated rings. The molecule has 1 aromatic heterocycles. The molecule has 1 atom stereocenters. The zero-order valence-electron chi connectivity index (χ0n) is 15.9. The lowest BCUT2D eigenvalue weighted by Crippen LogP contribution is -2.16. The van der Waals surface area contributed by atoms with Gasteiger partial charge in [-0.3, -0.25) is 4.79 Å². The second-order valence-electron chi connectivity index (χ2n) is 6.80. The molecule has 0 spiro atoms. The van der Waals surface area contributed by atoms with Crippen LogP contribution in [0.25, 0.3) is 22.2 Å². The number of aryl methyl sites for hydroxylation is 1. The van der Waals surface area contributed by atoms with Gasteiger partial charge >= 0.3 is 5.97 Å². The van der Waals surface area contributed by atoms with Crippen molar-refractivity contribution < 1.29 is 9.53 Å². The lowest BCUT2D eigenvalue weighted by Gasteiger charge is -2.19. The molecule has 1 unspecified atom stereocenters. The van der Waals surface area contributed by atoms with Crippen molar-refractivity contribution >= 4 is 16.9 Å². The third-order valence-electron chi connectivity index (χ3n) is 5.02. The number of esters is 1. The molecule has 0 saturated carbocycles. The first-order valence-corrected chi connectivity index (χ1v) is 9.27. The largest absolute Gasteiger partial charge is 0.468 e. The van der Waals surface area contributed by atoms with Crippen LogP contribution in [0.5, 0.6) is 0 Å². The molecule has 4 aromatic rings. The fourth-order valence-corrected chi connectivity index (χ4v) is 3.62. The number of carbonyl (C=O) groups excluding carboxylic acids is 1. The molecule has 0 saturated heterocycles. The fraction of sp³-hybridized carbons (Fsp3) is 0.120. The van der Waals surface area contributed by atoms with E-state index in [0.717, 1.165) is 38.9 Å². The maximum Gasteiger partial charge on any atom is 0.317 e. The smallest absolute Gasteiger partial charge is 0.317 e. The molecule has 0 aliphatic heterocycles. The highest BCUT2D eigenvalue weighted by Crippen LogP contribution is 2.35. The first kappa shape index (κ1) is 17.9. The SMILES string of the molecule is COC(=O)C(c1ccccc1)c1cc(-c2ccccc2)nc2c(C)cccc12. The third kappa shape index (κ3) is 3.27. The summed E-state index contributed by atoms with van der Waals surface area (Å²) in [6.45, 7) is 2.05. The van der Waals surface area contributed by atoms with Crippen molar-refractivity contribution in [3.8, 4) is 11.3 Å². The number of benzene rings is 3. The van der Waals surface area contributed by atoms with Gasteiger partial charge in [-0.25, -0.2) is 4.98 Å². The normalized spacial score (nSPS) is 11.9. The van der Waals surface area contributed by atoms with E-state index in [1.807, 2.05) is 91.9 Å². The number of hydrogen-bond acceptors (Lipinski definition) is 3. The van der Waals surface area contributed by atoms with E-state index in [0.29, 0.717) is 0 Å². The van der Waals surface area contributed by atoms with E-state index in [4.69, 9.17) is 9.72 Å². The standard InChI is InChI=1S/C25H21NO2/c1-17-10-9-15-20-21(23(25(27)28-2)19-13-7-4-8-14-19)16-22(26-24(17)20)18-11-5-3-6-12-18/h3-16,23H,1-2H3. The Balaban J connectivity index is 2.03. The maximum absolute atomic E-state index is 12.8. The summed E-state index contributed by atoms with van der Waals surface area (Å²) >= 11 is 0. The molecular weight excluding hydrogens is 346 g/mol. The molecule has 0 aliphatic rings. The van der Waals surface area contributed by atoms with Gasteiger partial charge in [0.25, 0.3) is 0 Å². The van der Waals surface area contributed by atoms with E-state index in [9.17, 15) is 4.79 Å². The van der Waals surface area contributed by atoms with Crippen LogP contribution in [-0.2, 0) is 9.53 Å². The Labute approximate surface area is 164 Å². The molecule has 0 aliphatic carbocycles. The van der Waals surface area contributed by atoms with E-state index in [1.54, 1.807) is 0 Å². The van der Waals surface area contributed by atoms with Crippen LogP contribution in [-0.4, -0.2) is 18.1 Å². The summed E-state index contributed by atoms with van der Waals surface area (Å²) in [4.78, 5) is 17.8. The van der Waals surface area contributed by atoms with Crippen molar-refractivity contribution in [2.45, 2.75) is 12.8 Å². The Morgan fingerprint density at radius 3 is 2.25 bits per heavy atom. The molecule has 0 amide bonds. The molecule has 0 N–H and O–H groups in total. The van der Waals surface area contributed by atoms with E-state index in [1.165, 1.54) is 7.11 Å². The van der Waals surface area contributed by atoms with Crippen LogP contribution in [0.3, 0.4) is 0 Å². The second-order valence-corrected chi connectivity index (χ2v) is 6.80. The first-order valence-electron chi connectivity index (χ1n) is 9.27. The Bertz CT molecular complexity index is 1120. The lowest BCUT2D eigenvalue weighted by atomic mass is 9.87. The number of methoxy groups -OCH3 is 1. The Hall–Kier alpha value is -3.46. The van der Waals surface area contributed by atoms with Crippen LogP contribution in [0.1, 0.15) is 22.6 Å². The van der Waals surface area contributed by atoms with Gasteiger partial charge < -0.3 is 4.74 Å². The molecule has 0 bridgehead atoms. The summed E-state index contributed by atoms with van der Waals surface area (Å²) in [6, 6.07) is 27.9. The van der Waals surface area contributed by atoms with E-state index in [2.05, 4.69) is 0 Å². The van der Waals surface area contributed by atoms with Crippen molar-refractivity contribution in [2.75, 3.05) is 7.11 Å². The zero-order valence-corrected chi connectivity index (χ0v) is 15.9. The van der Waals surface area contributed by atoms with Crippen LogP contribution < -0.4 is 0 Å². The van der Waals surface area contributed by atoms with Gasteiger partial charge in [-0.05, 0) is 29.7 Å². The van der Waals surface area contributed by atoms with Crippen LogP contribution in [0.15, 0.2) is 84.9 Å². The van der Waals surface area contributed by atoms with Gasteiger partial charge in [0.05, 0.1) is 18.3 Å². The predicted octanol–water partition coefficient (Wildman–Crippen LogP) is 5.52. The number of carbonyl (C=O) groups is 1. The lowest BCUT2D eigenvalue weighted by molar-refractivity contribution is -0.141. The number of nitrogens with zero attached hydrogens (tertiary/aromatic N) is 1. The van der Waals surface area contributed by atoms with Crippen LogP contribution in [0.2, 0.25) is 0 Å². The summed E-state index contributed by atoms with van der Waals surface area (Å²) < 4.78 is 5.19. The van der Waals surface area contributed by atoms with Gasteiger partial charge in [0.1, 0.15) is 5.92 Å². The number of fused-ring (bicyclic) bond motifs is 1. The molecule has 4 rings (SSSR count). The average Bonchev–Trinajstić information content (AvgIpc) is 2.75. The van der Waals surface area contributed by atoms with Gasteiger partial charge in [-0.15, -0.1) is 0 Å². The summed E-state index contributed by atoms with van der Waals surface area (Å²) in [5.74, 6) is -0.791. The molecular formula is C25H21NO2. The predicted molar refractivity (Wildman–Crippen MR) is 112 cm³/mol. The highest BCUT2D eigenvalue weighted by atomic mass is 16.5. The summed E-state index contributed by atoms with van der Waals surface area (Å²) in [5.41, 5.74) is 5.66. The average molecular weight is 367 g/mol. The van der Waals surface area contributed by atoms with Crippen LogP contribution in [0, 0.1) is 6.92 Å². The third-order valence-corrected chi connectivity index (χ3v) is 5.02. The Kier molecular flexibility index (Phi) is 4.90. The maximum atomic E-state index is 12.8. The van der Waals surface area contributed by atoms with Crippen LogP contribution in [0.4, 0.5) is 0 Å². The molecule has 3 aromatic carbocycles. The van der Waals surface area contributed by atoms with Crippen LogP contribution >= 0.6 is 0 Å². The Morgan fingerprint density at radius 1 is 0.893 bits per heavy atom. The number of para-hydroxylation sites is 1. The minimum atomic E-state index is -0.513. The van der Waals surface area contributed by atoms with Gasteiger partial charge in [-0.1, -0.05) is 78.9 Å². The van der Waals surface area contributed by atoms with Gasteiger partial charge in [0.2, 0.25) is 0 Å². The Morgan fingerprint density at radius 2 is 1.57 bits per heavy atom. The zero-order chi connectivity index (χ0) is 19.5. The summed E-state index contributed by atoms with van der Waals surface area (Å²) in [5, 5.41) is 0.971. The van der Waals surface area contributed by atoms with Crippen molar-refractivity contribution in [3.05, 3.63) is 102 Å². The van der Waals surface area contributed by atoms with Gasteiger partial charge in [0.15, 0.2) is 0 Å². The summed E-state index contributed by atoms with van der Waals surface area (Å²) in [7, 11) is 1.44. The fourth-order valence-electron chi connectivity index (χ4n) is 3.62. The van der Waals surface area contributed by atoms with Crippen molar-refractivity contribution in [1.29, 1.82) is 0 Å². The number of rotatable bonds is 4. The second kappa shape index (κ2) is 7.65. The van der Waals surface area contributed by atoms with Crippen molar-refractivity contribution in [1.82, 2.24) is 4.98 Å². The molecule has 3 heteroatoms. The van der Waals surface area contributed by atoms with Gasteiger partial charge in [0, 0.05) is 10.9 Å². The molecule has 28 heavy (non-hydrogen) atoms. The van der Waals surface area contributed by atoms with E-state index < -0.39 is 5.92 Å². The van der Waals surface area contributed by atoms with E-state index in [-0.39, 0.29) is 5.97 Å². The number of hydrogen-bond donors (Lipinski definition) is 0. The topological polar surface area (TPSA) is 39.2 Å². The summed E-state index contributed by atoms with van der Waals surface area (Å²) in [6.07, 6.45) is 0. The minimum absolute atomic E-state index is 0.279. The number of aromatic nitrogens is 1. The van der Waals surface area contributed by atoms with Crippen molar-refractivity contribution in [2.24, 2.45) is 0 Å². The molecule has 138 valence electrons. The van der Waals surface area contributed by atoms with Crippen molar-refractivity contribution in [3.63, 3.8) is 0 Å². The monoisotopic (exact) mass is 367 g/mol. The highest BCUT2D eigenvalue weighted by molar-refractivity contribution is 5.94. The number of ether oxygens (including phenoxy) is 1. The molecule has 0 radical (unpaired) electrons. The molecule has 1 heterocycles. The highest BCUT2D eigenvalue weighted by Gasteiger charge is 2.26. The first-order chi connectivity index (χ1) is 13.7.